The van der Waals surface area contributed by atoms with Gasteiger partial charge >= 0.3 is 6.03 Å². The fraction of sp³-hybridized carbons (Fsp3) is 0.238. The van der Waals surface area contributed by atoms with Crippen molar-refractivity contribution in [1.29, 1.82) is 0 Å². The van der Waals surface area contributed by atoms with Crippen LogP contribution in [0.1, 0.15) is 12.0 Å². The van der Waals surface area contributed by atoms with Gasteiger partial charge in [0.05, 0.1) is 10.2 Å². The van der Waals surface area contributed by atoms with Gasteiger partial charge in [0.2, 0.25) is 0 Å². The van der Waals surface area contributed by atoms with Gasteiger partial charge in [0.25, 0.3) is 5.19 Å². The lowest BCUT2D eigenvalue weighted by molar-refractivity contribution is 0.224. The third-order valence-electron chi connectivity index (χ3n) is 5.30. The molecule has 0 bridgehead atoms. The van der Waals surface area contributed by atoms with Crippen LogP contribution in [0, 0.1) is 5.92 Å². The summed E-state index contributed by atoms with van der Waals surface area (Å²) in [5, 5.41) is 0.652. The summed E-state index contributed by atoms with van der Waals surface area (Å²) in [7, 11) is 0. The average Bonchev–Trinajstić information content (AvgIpc) is 3.38. The molecule has 2 aliphatic rings. The summed E-state index contributed by atoms with van der Waals surface area (Å²) in [6, 6.07) is 15.8. The monoisotopic (exact) mass is 392 g/mol. The van der Waals surface area contributed by atoms with Crippen molar-refractivity contribution in [2.45, 2.75) is 13.0 Å². The van der Waals surface area contributed by atoms with Gasteiger partial charge in [0.1, 0.15) is 5.75 Å². The molecule has 0 spiro atoms. The molecule has 1 atom stereocenters. The molecule has 6 nitrogen and oxygen atoms in total. The Morgan fingerprint density at radius 1 is 1.21 bits per heavy atom. The summed E-state index contributed by atoms with van der Waals surface area (Å²) in [6.45, 7) is 2.53. The van der Waals surface area contributed by atoms with E-state index in [1.54, 1.807) is 16.2 Å². The molecule has 28 heavy (non-hydrogen) atoms. The highest BCUT2D eigenvalue weighted by Crippen LogP contribution is 2.35. The first kappa shape index (κ1) is 17.1. The first-order chi connectivity index (χ1) is 13.7. The minimum absolute atomic E-state index is 0.377. The van der Waals surface area contributed by atoms with E-state index in [0.29, 0.717) is 17.7 Å². The van der Waals surface area contributed by atoms with Crippen molar-refractivity contribution in [3.63, 3.8) is 0 Å². The van der Waals surface area contributed by atoms with Gasteiger partial charge in [-0.3, -0.25) is 4.90 Å². The fourth-order valence-electron chi connectivity index (χ4n) is 3.87. The summed E-state index contributed by atoms with van der Waals surface area (Å²) < 4.78 is 7.04. The predicted molar refractivity (Wildman–Crippen MR) is 109 cm³/mol. The third-order valence-corrected chi connectivity index (χ3v) is 6.21. The molecular weight excluding hydrogens is 372 g/mol. The summed E-state index contributed by atoms with van der Waals surface area (Å²) in [6.07, 6.45) is 2.97. The van der Waals surface area contributed by atoms with Crippen molar-refractivity contribution in [3.05, 3.63) is 66.0 Å². The van der Waals surface area contributed by atoms with Crippen LogP contribution >= 0.6 is 11.3 Å². The van der Waals surface area contributed by atoms with Crippen molar-refractivity contribution in [2.24, 2.45) is 11.7 Å². The molecule has 2 aromatic carbocycles. The van der Waals surface area contributed by atoms with Crippen LogP contribution in [0.4, 0.5) is 4.79 Å². The Labute approximate surface area is 166 Å². The standard InChI is InChI=1S/C21H20N4O2S/c22-20(26)25-12-15-9-10-24(18(15)13-25)11-14-5-7-16(8-6-14)27-21-23-17-3-1-2-4-19(17)28-21/h1-8,13,15H,9-12H2,(H2,22,26). The summed E-state index contributed by atoms with van der Waals surface area (Å²) >= 11 is 1.54. The molecule has 3 aromatic rings. The Morgan fingerprint density at radius 3 is 2.82 bits per heavy atom. The summed E-state index contributed by atoms with van der Waals surface area (Å²) in [4.78, 5) is 19.9. The number of urea groups is 1. The summed E-state index contributed by atoms with van der Waals surface area (Å²) in [5.41, 5.74) is 8.79. The molecule has 3 heterocycles. The van der Waals surface area contributed by atoms with Gasteiger partial charge in [-0.25, -0.2) is 9.78 Å². The van der Waals surface area contributed by atoms with Gasteiger partial charge in [-0.2, -0.15) is 0 Å². The molecule has 0 saturated carbocycles. The lowest BCUT2D eigenvalue weighted by Crippen LogP contribution is -2.31. The summed E-state index contributed by atoms with van der Waals surface area (Å²) in [5.74, 6) is 1.19. The maximum absolute atomic E-state index is 11.4. The molecule has 1 fully saturated rings. The van der Waals surface area contributed by atoms with Crippen molar-refractivity contribution in [1.82, 2.24) is 14.8 Å². The number of primary amides is 1. The Bertz CT molecular complexity index is 1030. The van der Waals surface area contributed by atoms with E-state index in [4.69, 9.17) is 10.5 Å². The van der Waals surface area contributed by atoms with Gasteiger partial charge in [-0.1, -0.05) is 35.6 Å². The van der Waals surface area contributed by atoms with Crippen LogP contribution in [0.3, 0.4) is 0 Å². The number of thiazole rings is 1. The van der Waals surface area contributed by atoms with Gasteiger partial charge in [0.15, 0.2) is 0 Å². The number of amides is 2. The van der Waals surface area contributed by atoms with Gasteiger partial charge < -0.3 is 15.4 Å². The molecule has 2 amide bonds. The number of likely N-dealkylation sites (tertiary alicyclic amines) is 1. The highest BCUT2D eigenvalue weighted by atomic mass is 32.1. The van der Waals surface area contributed by atoms with Crippen molar-refractivity contribution < 1.29 is 9.53 Å². The highest BCUT2D eigenvalue weighted by Gasteiger charge is 2.35. The number of para-hydroxylation sites is 1. The van der Waals surface area contributed by atoms with E-state index < -0.39 is 0 Å². The van der Waals surface area contributed by atoms with Crippen molar-refractivity contribution >= 4 is 27.6 Å². The number of benzene rings is 2. The van der Waals surface area contributed by atoms with Crippen LogP contribution in [-0.2, 0) is 6.54 Å². The number of fused-ring (bicyclic) bond motifs is 2. The SMILES string of the molecule is NC(=O)N1C=C2C(CCN2Cc2ccc(Oc3nc4ccccc4s3)cc2)C1. The molecule has 1 aromatic heterocycles. The third kappa shape index (κ3) is 3.18. The number of ether oxygens (including phenoxy) is 1. The zero-order valence-electron chi connectivity index (χ0n) is 15.2. The number of carbonyl (C=O) groups excluding carboxylic acids is 1. The van der Waals surface area contributed by atoms with Crippen LogP contribution in [-0.4, -0.2) is 33.9 Å². The lowest BCUT2D eigenvalue weighted by atomic mass is 10.1. The van der Waals surface area contributed by atoms with Gasteiger partial charge in [-0.15, -0.1) is 0 Å². The topological polar surface area (TPSA) is 71.7 Å². The molecule has 0 aliphatic carbocycles. The molecule has 5 rings (SSSR count). The van der Waals surface area contributed by atoms with Crippen LogP contribution < -0.4 is 10.5 Å². The Balaban J connectivity index is 1.26. The fourth-order valence-corrected chi connectivity index (χ4v) is 4.71. The molecule has 2 aliphatic heterocycles. The Kier molecular flexibility index (Phi) is 4.16. The minimum atomic E-state index is -0.377. The van der Waals surface area contributed by atoms with E-state index in [0.717, 1.165) is 35.5 Å². The maximum atomic E-state index is 11.4. The second-order valence-electron chi connectivity index (χ2n) is 7.15. The number of nitrogens with two attached hydrogens (primary N) is 1. The van der Waals surface area contributed by atoms with Gasteiger partial charge in [-0.05, 0) is 36.2 Å². The average molecular weight is 392 g/mol. The molecular formula is C21H20N4O2S. The minimum Gasteiger partial charge on any atom is -0.431 e. The van der Waals surface area contributed by atoms with Crippen LogP contribution in [0.2, 0.25) is 0 Å². The largest absolute Gasteiger partial charge is 0.431 e. The molecule has 142 valence electrons. The number of carbonyl (C=O) groups is 1. The second kappa shape index (κ2) is 6.83. The highest BCUT2D eigenvalue weighted by molar-refractivity contribution is 7.20. The van der Waals surface area contributed by atoms with Crippen LogP contribution in [0.25, 0.3) is 10.2 Å². The van der Waals surface area contributed by atoms with Crippen LogP contribution in [0.5, 0.6) is 10.9 Å². The molecule has 1 unspecified atom stereocenters. The molecule has 2 N–H and O–H groups in total. The maximum Gasteiger partial charge on any atom is 0.318 e. The number of hydrogen-bond donors (Lipinski definition) is 1. The zero-order valence-corrected chi connectivity index (χ0v) is 16.1. The molecule has 0 radical (unpaired) electrons. The first-order valence-electron chi connectivity index (χ1n) is 9.31. The predicted octanol–water partition coefficient (Wildman–Crippen LogP) is 4.15. The van der Waals surface area contributed by atoms with E-state index in [1.807, 2.05) is 42.6 Å². The van der Waals surface area contributed by atoms with Gasteiger partial charge in [0, 0.05) is 37.4 Å². The van der Waals surface area contributed by atoms with E-state index in [9.17, 15) is 4.79 Å². The number of aromatic nitrogens is 1. The smallest absolute Gasteiger partial charge is 0.318 e. The molecule has 7 heteroatoms. The number of rotatable bonds is 4. The Morgan fingerprint density at radius 2 is 2.04 bits per heavy atom. The lowest BCUT2D eigenvalue weighted by Gasteiger charge is -2.20. The first-order valence-corrected chi connectivity index (χ1v) is 10.1. The Hall–Kier alpha value is -3.06. The van der Waals surface area contributed by atoms with Crippen molar-refractivity contribution in [2.75, 3.05) is 13.1 Å². The quantitative estimate of drug-likeness (QED) is 0.724. The van der Waals surface area contributed by atoms with E-state index in [1.165, 1.54) is 11.3 Å². The normalized spacial score (nSPS) is 18.4. The number of hydrogen-bond acceptors (Lipinski definition) is 5. The van der Waals surface area contributed by atoms with E-state index in [-0.39, 0.29) is 6.03 Å². The van der Waals surface area contributed by atoms with E-state index in [2.05, 4.69) is 22.0 Å². The van der Waals surface area contributed by atoms with Crippen LogP contribution in [0.15, 0.2) is 60.4 Å². The molecule has 1 saturated heterocycles. The number of nitrogens with zero attached hydrogens (tertiary/aromatic N) is 3. The van der Waals surface area contributed by atoms with E-state index >= 15 is 0 Å². The zero-order chi connectivity index (χ0) is 19.1. The second-order valence-corrected chi connectivity index (χ2v) is 8.14. The van der Waals surface area contributed by atoms with Crippen molar-refractivity contribution in [3.8, 4) is 10.9 Å².